The summed E-state index contributed by atoms with van der Waals surface area (Å²) in [5.41, 5.74) is 0.644. The van der Waals surface area contributed by atoms with Gasteiger partial charge in [0, 0.05) is 18.7 Å². The minimum atomic E-state index is -3.99. The van der Waals surface area contributed by atoms with E-state index in [1.807, 2.05) is 6.07 Å². The van der Waals surface area contributed by atoms with Crippen LogP contribution < -0.4 is 8.91 Å². The Hall–Kier alpha value is -2.45. The zero-order valence-electron chi connectivity index (χ0n) is 10.8. The van der Waals surface area contributed by atoms with Crippen LogP contribution in [0.3, 0.4) is 0 Å². The maximum Gasteiger partial charge on any atom is 0.382 e. The highest BCUT2D eigenvalue weighted by atomic mass is 32.2. The SMILES string of the molecule is O=[N+]([O-])c1ccc(OS(=O)(=O)NCc2ccccc2)cc1. The van der Waals surface area contributed by atoms with Crippen LogP contribution in [-0.4, -0.2) is 13.3 Å². The fourth-order valence-corrected chi connectivity index (χ4v) is 2.31. The van der Waals surface area contributed by atoms with Crippen LogP contribution in [0.15, 0.2) is 54.6 Å². The number of nitro benzene ring substituents is 1. The quantitative estimate of drug-likeness (QED) is 0.650. The van der Waals surface area contributed by atoms with Gasteiger partial charge in [0.25, 0.3) is 5.69 Å². The van der Waals surface area contributed by atoms with E-state index in [0.29, 0.717) is 0 Å². The van der Waals surface area contributed by atoms with E-state index in [-0.39, 0.29) is 18.0 Å². The van der Waals surface area contributed by atoms with Gasteiger partial charge in [-0.2, -0.15) is 13.1 Å². The average molecular weight is 308 g/mol. The molecule has 0 fully saturated rings. The number of nitro groups is 1. The zero-order chi connectivity index (χ0) is 15.3. The molecular weight excluding hydrogens is 296 g/mol. The van der Waals surface area contributed by atoms with E-state index in [0.717, 1.165) is 5.56 Å². The molecule has 1 N–H and O–H groups in total. The number of nitrogens with one attached hydrogen (secondary N) is 1. The lowest BCUT2D eigenvalue weighted by molar-refractivity contribution is -0.384. The molecule has 0 unspecified atom stereocenters. The van der Waals surface area contributed by atoms with Gasteiger partial charge in [0.05, 0.1) is 4.92 Å². The third-order valence-corrected chi connectivity index (χ3v) is 3.46. The summed E-state index contributed by atoms with van der Waals surface area (Å²) in [6, 6.07) is 13.7. The van der Waals surface area contributed by atoms with Crippen molar-refractivity contribution in [3.05, 3.63) is 70.3 Å². The summed E-state index contributed by atoms with van der Waals surface area (Å²) >= 11 is 0. The fourth-order valence-electron chi connectivity index (χ4n) is 1.55. The molecular formula is C13H12N2O5S. The molecule has 0 spiro atoms. The molecule has 0 aromatic heterocycles. The van der Waals surface area contributed by atoms with E-state index in [9.17, 15) is 18.5 Å². The Morgan fingerprint density at radius 2 is 1.67 bits per heavy atom. The highest BCUT2D eigenvalue weighted by Crippen LogP contribution is 2.18. The lowest BCUT2D eigenvalue weighted by Gasteiger charge is -2.08. The molecule has 0 aliphatic carbocycles. The second kappa shape index (κ2) is 6.33. The van der Waals surface area contributed by atoms with Crippen molar-refractivity contribution in [3.8, 4) is 5.75 Å². The molecule has 0 aliphatic heterocycles. The molecule has 0 bridgehead atoms. The summed E-state index contributed by atoms with van der Waals surface area (Å²) in [4.78, 5) is 9.91. The molecule has 110 valence electrons. The lowest BCUT2D eigenvalue weighted by atomic mass is 10.2. The van der Waals surface area contributed by atoms with Gasteiger partial charge >= 0.3 is 10.3 Å². The second-order valence-electron chi connectivity index (χ2n) is 4.10. The van der Waals surface area contributed by atoms with Crippen molar-refractivity contribution in [2.75, 3.05) is 0 Å². The maximum atomic E-state index is 11.7. The van der Waals surface area contributed by atoms with E-state index >= 15 is 0 Å². The summed E-state index contributed by atoms with van der Waals surface area (Å²) in [5.74, 6) is 0.00108. The van der Waals surface area contributed by atoms with E-state index in [2.05, 4.69) is 4.72 Å². The number of rotatable bonds is 6. The van der Waals surface area contributed by atoms with Crippen LogP contribution in [0.4, 0.5) is 5.69 Å². The molecule has 2 aromatic rings. The van der Waals surface area contributed by atoms with Crippen LogP contribution in [0.2, 0.25) is 0 Å². The Morgan fingerprint density at radius 1 is 1.05 bits per heavy atom. The molecule has 8 heteroatoms. The Bertz CT molecular complexity index is 714. The first-order valence-electron chi connectivity index (χ1n) is 5.94. The van der Waals surface area contributed by atoms with Crippen LogP contribution in [0.25, 0.3) is 0 Å². The van der Waals surface area contributed by atoms with Crippen molar-refractivity contribution >= 4 is 16.0 Å². The van der Waals surface area contributed by atoms with Gasteiger partial charge in [0.1, 0.15) is 5.75 Å². The Kier molecular flexibility index (Phi) is 4.51. The van der Waals surface area contributed by atoms with Crippen molar-refractivity contribution in [3.63, 3.8) is 0 Å². The van der Waals surface area contributed by atoms with Crippen LogP contribution in [-0.2, 0) is 16.8 Å². The van der Waals surface area contributed by atoms with E-state index in [4.69, 9.17) is 4.18 Å². The summed E-state index contributed by atoms with van der Waals surface area (Å²) < 4.78 is 30.5. The molecule has 7 nitrogen and oxygen atoms in total. The molecule has 0 aliphatic rings. The van der Waals surface area contributed by atoms with E-state index in [1.54, 1.807) is 24.3 Å². The predicted molar refractivity (Wildman–Crippen MR) is 75.9 cm³/mol. The molecule has 0 radical (unpaired) electrons. The van der Waals surface area contributed by atoms with Gasteiger partial charge in [0.2, 0.25) is 0 Å². The molecule has 21 heavy (non-hydrogen) atoms. The van der Waals surface area contributed by atoms with Gasteiger partial charge in [-0.05, 0) is 17.7 Å². The smallest absolute Gasteiger partial charge is 0.371 e. The van der Waals surface area contributed by atoms with E-state index in [1.165, 1.54) is 24.3 Å². The zero-order valence-corrected chi connectivity index (χ0v) is 11.6. The topological polar surface area (TPSA) is 98.5 Å². The molecule has 0 heterocycles. The van der Waals surface area contributed by atoms with Crippen molar-refractivity contribution in [2.24, 2.45) is 0 Å². The Balaban J connectivity index is 1.99. The van der Waals surface area contributed by atoms with E-state index < -0.39 is 15.2 Å². The lowest BCUT2D eigenvalue weighted by Crippen LogP contribution is -2.27. The Labute approximate surface area is 121 Å². The molecule has 0 amide bonds. The fraction of sp³-hybridized carbons (Fsp3) is 0.0769. The standard InChI is InChI=1S/C13H12N2O5S/c16-15(17)12-6-8-13(9-7-12)20-21(18,19)14-10-11-4-2-1-3-5-11/h1-9,14H,10H2. The number of nitrogens with zero attached hydrogens (tertiary/aromatic N) is 1. The molecule has 0 saturated carbocycles. The largest absolute Gasteiger partial charge is 0.382 e. The van der Waals surface area contributed by atoms with Gasteiger partial charge in [-0.3, -0.25) is 10.1 Å². The summed E-state index contributed by atoms with van der Waals surface area (Å²) in [6.07, 6.45) is 0. The van der Waals surface area contributed by atoms with Crippen molar-refractivity contribution < 1.29 is 17.5 Å². The first-order valence-corrected chi connectivity index (χ1v) is 7.34. The highest BCUT2D eigenvalue weighted by Gasteiger charge is 2.13. The minimum absolute atomic E-state index is 0.00108. The normalized spacial score (nSPS) is 11.0. The van der Waals surface area contributed by atoms with Crippen LogP contribution in [0.1, 0.15) is 5.56 Å². The van der Waals surface area contributed by atoms with Crippen LogP contribution >= 0.6 is 0 Å². The summed E-state index contributed by atoms with van der Waals surface area (Å²) in [6.45, 7) is 0.0934. The number of hydrogen-bond acceptors (Lipinski definition) is 5. The van der Waals surface area contributed by atoms with Gasteiger partial charge in [-0.25, -0.2) is 0 Å². The molecule has 2 rings (SSSR count). The van der Waals surface area contributed by atoms with Gasteiger partial charge in [0.15, 0.2) is 0 Å². The van der Waals surface area contributed by atoms with Gasteiger partial charge in [-0.1, -0.05) is 30.3 Å². The number of benzene rings is 2. The van der Waals surface area contributed by atoms with Crippen LogP contribution in [0.5, 0.6) is 5.75 Å². The number of non-ortho nitro benzene ring substituents is 1. The van der Waals surface area contributed by atoms with Gasteiger partial charge < -0.3 is 4.18 Å². The minimum Gasteiger partial charge on any atom is -0.371 e. The third-order valence-electron chi connectivity index (χ3n) is 2.55. The maximum absolute atomic E-state index is 11.7. The monoisotopic (exact) mass is 308 g/mol. The van der Waals surface area contributed by atoms with Gasteiger partial charge in [-0.15, -0.1) is 0 Å². The Morgan fingerprint density at radius 3 is 2.24 bits per heavy atom. The van der Waals surface area contributed by atoms with Crippen molar-refractivity contribution in [1.29, 1.82) is 0 Å². The molecule has 0 atom stereocenters. The predicted octanol–water partition coefficient (Wildman–Crippen LogP) is 2.01. The molecule has 2 aromatic carbocycles. The summed E-state index contributed by atoms with van der Waals surface area (Å²) in [5, 5.41) is 10.5. The number of hydrogen-bond donors (Lipinski definition) is 1. The first-order chi connectivity index (χ1) is 9.96. The second-order valence-corrected chi connectivity index (χ2v) is 5.46. The van der Waals surface area contributed by atoms with Crippen molar-refractivity contribution in [1.82, 2.24) is 4.72 Å². The average Bonchev–Trinajstić information content (AvgIpc) is 2.46. The van der Waals surface area contributed by atoms with Crippen LogP contribution in [0, 0.1) is 10.1 Å². The third kappa shape index (κ3) is 4.55. The highest BCUT2D eigenvalue weighted by molar-refractivity contribution is 7.85. The summed E-state index contributed by atoms with van der Waals surface area (Å²) in [7, 11) is -3.99. The molecule has 0 saturated heterocycles. The van der Waals surface area contributed by atoms with Crippen molar-refractivity contribution in [2.45, 2.75) is 6.54 Å². The first kappa shape index (κ1) is 14.9.